The highest BCUT2D eigenvalue weighted by atomic mass is 16.3. The minimum atomic E-state index is -0.427. The molecule has 0 aliphatic carbocycles. The minimum absolute atomic E-state index is 0.0134. The molecule has 1 aromatic heterocycles. The van der Waals surface area contributed by atoms with Gasteiger partial charge in [-0.05, 0) is 43.2 Å². The molecule has 0 atom stereocenters. The summed E-state index contributed by atoms with van der Waals surface area (Å²) in [6, 6.07) is 7.70. The zero-order chi connectivity index (χ0) is 16.7. The van der Waals surface area contributed by atoms with Gasteiger partial charge in [0.25, 0.3) is 0 Å². The SMILES string of the molecule is CCc1cc(-n2c(=O)[nH]c3cc(C(C)=O)ccc32)c(O)cc1O. The number of aromatic hydroxyl groups is 2. The fourth-order valence-corrected chi connectivity index (χ4v) is 2.64. The Morgan fingerprint density at radius 2 is 1.91 bits per heavy atom. The number of carbonyl (C=O) groups excluding carboxylic acids is 1. The number of aromatic amines is 1. The molecular weight excluding hydrogens is 296 g/mol. The number of nitrogens with one attached hydrogen (secondary N) is 1. The lowest BCUT2D eigenvalue weighted by atomic mass is 10.1. The summed E-state index contributed by atoms with van der Waals surface area (Å²) in [4.78, 5) is 26.4. The van der Waals surface area contributed by atoms with Gasteiger partial charge in [0, 0.05) is 11.6 Å². The fraction of sp³-hybridized carbons (Fsp3) is 0.176. The van der Waals surface area contributed by atoms with Crippen molar-refractivity contribution in [3.8, 4) is 17.2 Å². The van der Waals surface area contributed by atoms with Crippen LogP contribution in [0.2, 0.25) is 0 Å². The van der Waals surface area contributed by atoms with Crippen molar-refractivity contribution in [2.24, 2.45) is 0 Å². The van der Waals surface area contributed by atoms with Gasteiger partial charge in [0.2, 0.25) is 0 Å². The standard InChI is InChI=1S/C17H16N2O4/c1-3-10-7-14(16(22)8-15(10)21)19-13-5-4-11(9(2)20)6-12(13)18-17(19)23/h4-8,21-22H,3H2,1-2H3,(H,18,23). The molecule has 0 radical (unpaired) electrons. The Balaban J connectivity index is 2.31. The number of imidazole rings is 1. The normalized spacial score (nSPS) is 11.0. The Kier molecular flexibility index (Phi) is 3.44. The number of carbonyl (C=O) groups is 1. The van der Waals surface area contributed by atoms with E-state index in [1.165, 1.54) is 17.6 Å². The third-order valence-electron chi connectivity index (χ3n) is 3.89. The molecule has 23 heavy (non-hydrogen) atoms. The Morgan fingerprint density at radius 1 is 1.17 bits per heavy atom. The van der Waals surface area contributed by atoms with Crippen molar-refractivity contribution in [2.75, 3.05) is 0 Å². The second-order valence-electron chi connectivity index (χ2n) is 5.38. The number of nitrogens with zero attached hydrogens (tertiary/aromatic N) is 1. The van der Waals surface area contributed by atoms with Gasteiger partial charge in [0.05, 0.1) is 16.7 Å². The Bertz CT molecular complexity index is 982. The maximum absolute atomic E-state index is 12.3. The smallest absolute Gasteiger partial charge is 0.331 e. The van der Waals surface area contributed by atoms with E-state index in [1.807, 2.05) is 6.92 Å². The summed E-state index contributed by atoms with van der Waals surface area (Å²) < 4.78 is 1.33. The van der Waals surface area contributed by atoms with E-state index < -0.39 is 5.69 Å². The maximum Gasteiger partial charge on any atom is 0.331 e. The Hall–Kier alpha value is -3.02. The van der Waals surface area contributed by atoms with Crippen molar-refractivity contribution in [3.63, 3.8) is 0 Å². The molecule has 0 saturated heterocycles. The lowest BCUT2D eigenvalue weighted by Gasteiger charge is -2.10. The van der Waals surface area contributed by atoms with Gasteiger partial charge in [0.1, 0.15) is 11.5 Å². The van der Waals surface area contributed by atoms with Crippen LogP contribution in [0.1, 0.15) is 29.8 Å². The van der Waals surface area contributed by atoms with Gasteiger partial charge in [-0.25, -0.2) is 4.79 Å². The number of aryl methyl sites for hydroxylation is 1. The summed E-state index contributed by atoms with van der Waals surface area (Å²) >= 11 is 0. The van der Waals surface area contributed by atoms with Crippen molar-refractivity contribution in [1.29, 1.82) is 0 Å². The molecule has 3 rings (SSSR count). The van der Waals surface area contributed by atoms with E-state index in [9.17, 15) is 19.8 Å². The molecule has 0 aliphatic rings. The molecule has 0 amide bonds. The van der Waals surface area contributed by atoms with Crippen LogP contribution in [-0.4, -0.2) is 25.5 Å². The Morgan fingerprint density at radius 3 is 2.57 bits per heavy atom. The van der Waals surface area contributed by atoms with Crippen molar-refractivity contribution in [2.45, 2.75) is 20.3 Å². The van der Waals surface area contributed by atoms with E-state index in [4.69, 9.17) is 0 Å². The molecule has 0 bridgehead atoms. The van der Waals surface area contributed by atoms with Crippen LogP contribution < -0.4 is 5.69 Å². The van der Waals surface area contributed by atoms with Gasteiger partial charge < -0.3 is 15.2 Å². The summed E-state index contributed by atoms with van der Waals surface area (Å²) in [5.41, 5.74) is 2.03. The quantitative estimate of drug-likeness (QED) is 0.647. The van der Waals surface area contributed by atoms with E-state index in [0.717, 1.165) is 0 Å². The summed E-state index contributed by atoms with van der Waals surface area (Å²) in [6.07, 6.45) is 0.560. The number of hydrogen-bond acceptors (Lipinski definition) is 4. The third-order valence-corrected chi connectivity index (χ3v) is 3.89. The monoisotopic (exact) mass is 312 g/mol. The first-order valence-electron chi connectivity index (χ1n) is 7.23. The van der Waals surface area contributed by atoms with Crippen LogP contribution in [-0.2, 0) is 6.42 Å². The zero-order valence-electron chi connectivity index (χ0n) is 12.8. The second kappa shape index (κ2) is 5.31. The number of aromatic nitrogens is 2. The van der Waals surface area contributed by atoms with Crippen molar-refractivity contribution >= 4 is 16.8 Å². The molecule has 118 valence electrons. The van der Waals surface area contributed by atoms with Gasteiger partial charge in [-0.15, -0.1) is 0 Å². The molecule has 0 unspecified atom stereocenters. The average Bonchev–Trinajstić information content (AvgIpc) is 2.82. The Labute approximate surface area is 131 Å². The number of Topliss-reactive ketones (excluding diaryl/α,β-unsaturated/α-hetero) is 1. The topological polar surface area (TPSA) is 95.3 Å². The number of phenols is 2. The van der Waals surface area contributed by atoms with E-state index in [-0.39, 0.29) is 23.0 Å². The molecule has 0 aliphatic heterocycles. The van der Waals surface area contributed by atoms with Crippen LogP contribution >= 0.6 is 0 Å². The summed E-state index contributed by atoms with van der Waals surface area (Å²) in [7, 11) is 0. The lowest BCUT2D eigenvalue weighted by Crippen LogP contribution is -2.15. The fourth-order valence-electron chi connectivity index (χ4n) is 2.64. The zero-order valence-corrected chi connectivity index (χ0v) is 12.8. The first kappa shape index (κ1) is 14.9. The maximum atomic E-state index is 12.3. The highest BCUT2D eigenvalue weighted by Crippen LogP contribution is 2.31. The summed E-state index contributed by atoms with van der Waals surface area (Å²) in [6.45, 7) is 3.32. The number of H-pyrrole nitrogens is 1. The second-order valence-corrected chi connectivity index (χ2v) is 5.38. The van der Waals surface area contributed by atoms with E-state index >= 15 is 0 Å². The number of hydrogen-bond donors (Lipinski definition) is 3. The molecule has 6 nitrogen and oxygen atoms in total. The highest BCUT2D eigenvalue weighted by Gasteiger charge is 2.15. The van der Waals surface area contributed by atoms with Gasteiger partial charge in [-0.1, -0.05) is 6.92 Å². The summed E-state index contributed by atoms with van der Waals surface area (Å²) in [5.74, 6) is -0.305. The van der Waals surface area contributed by atoms with Gasteiger partial charge in [0.15, 0.2) is 5.78 Å². The van der Waals surface area contributed by atoms with Gasteiger partial charge in [-0.3, -0.25) is 9.36 Å². The summed E-state index contributed by atoms with van der Waals surface area (Å²) in [5, 5.41) is 19.9. The molecule has 0 spiro atoms. The number of phenolic OH excluding ortho intramolecular Hbond substituents is 2. The molecule has 1 heterocycles. The number of benzene rings is 2. The molecule has 0 saturated carbocycles. The molecule has 0 fully saturated rings. The number of ketones is 1. The average molecular weight is 312 g/mol. The van der Waals surface area contributed by atoms with Crippen LogP contribution in [0.25, 0.3) is 16.7 Å². The van der Waals surface area contributed by atoms with E-state index in [1.54, 1.807) is 24.3 Å². The third kappa shape index (κ3) is 2.38. The van der Waals surface area contributed by atoms with Gasteiger partial charge >= 0.3 is 5.69 Å². The van der Waals surface area contributed by atoms with Crippen molar-refractivity contribution in [3.05, 3.63) is 51.9 Å². The predicted molar refractivity (Wildman–Crippen MR) is 86.6 cm³/mol. The highest BCUT2D eigenvalue weighted by molar-refractivity contribution is 5.97. The van der Waals surface area contributed by atoms with Crippen LogP contribution in [0.5, 0.6) is 11.5 Å². The van der Waals surface area contributed by atoms with Crippen molar-refractivity contribution < 1.29 is 15.0 Å². The number of fused-ring (bicyclic) bond motifs is 1. The van der Waals surface area contributed by atoms with Gasteiger partial charge in [-0.2, -0.15) is 0 Å². The molecule has 3 aromatic rings. The molecule has 3 N–H and O–H groups in total. The predicted octanol–water partition coefficient (Wildman–Crippen LogP) is 2.50. The van der Waals surface area contributed by atoms with E-state index in [2.05, 4.69) is 4.98 Å². The minimum Gasteiger partial charge on any atom is -0.508 e. The molecule has 2 aromatic carbocycles. The first-order valence-corrected chi connectivity index (χ1v) is 7.23. The number of rotatable bonds is 3. The van der Waals surface area contributed by atoms with Crippen LogP contribution in [0, 0.1) is 0 Å². The molecule has 6 heteroatoms. The van der Waals surface area contributed by atoms with Crippen LogP contribution in [0.3, 0.4) is 0 Å². The first-order chi connectivity index (χ1) is 10.9. The largest absolute Gasteiger partial charge is 0.508 e. The van der Waals surface area contributed by atoms with Crippen LogP contribution in [0.4, 0.5) is 0 Å². The van der Waals surface area contributed by atoms with Crippen LogP contribution in [0.15, 0.2) is 35.1 Å². The molecular formula is C17H16N2O4. The van der Waals surface area contributed by atoms with Crippen molar-refractivity contribution in [1.82, 2.24) is 9.55 Å². The van der Waals surface area contributed by atoms with E-state index in [0.29, 0.717) is 28.6 Å². The lowest BCUT2D eigenvalue weighted by molar-refractivity contribution is 0.101.